The number of hydrogen-bond donors (Lipinski definition) is 3. The van der Waals surface area contributed by atoms with E-state index in [0.29, 0.717) is 92.4 Å². The molecule has 0 saturated carbocycles. The van der Waals surface area contributed by atoms with Crippen LogP contribution in [0.5, 0.6) is 0 Å². The van der Waals surface area contributed by atoms with Crippen molar-refractivity contribution >= 4 is 56.4 Å². The lowest BCUT2D eigenvalue weighted by molar-refractivity contribution is -0.134. The van der Waals surface area contributed by atoms with Crippen molar-refractivity contribution in [3.8, 4) is 11.1 Å². The molecule has 9 rings (SSSR count). The number of anilines is 2. The van der Waals surface area contributed by atoms with Crippen molar-refractivity contribution in [1.82, 2.24) is 39.4 Å². The number of fused-ring (bicyclic) bond motifs is 1. The molecule has 2 aromatic carbocycles. The first kappa shape index (κ1) is 42.1. The monoisotopic (exact) mass is 880 g/mol. The van der Waals surface area contributed by atoms with Crippen LogP contribution in [0.1, 0.15) is 77.4 Å². The van der Waals surface area contributed by atoms with Gasteiger partial charge in [-0.1, -0.05) is 24.3 Å². The number of benzene rings is 2. The molecule has 0 spiro atoms. The molecular formula is C44H46F2N10O6S. The lowest BCUT2D eigenvalue weighted by Gasteiger charge is -2.37. The van der Waals surface area contributed by atoms with E-state index in [2.05, 4.69) is 47.0 Å². The second-order valence-electron chi connectivity index (χ2n) is 16.5. The summed E-state index contributed by atoms with van der Waals surface area (Å²) in [5.41, 5.74) is 2.11. The first-order valence-electron chi connectivity index (χ1n) is 21.2. The van der Waals surface area contributed by atoms with Gasteiger partial charge in [0.05, 0.1) is 23.7 Å². The minimum absolute atomic E-state index is 0.0539. The standard InChI is InChI=1S/C44H46F2N10O6S/c45-35-8-9-36(52-63(61,62)56-13-1-2-14-56)40(46)39(35)41(59)34-25-48-42-33(34)21-30(22-47-42)31-23-49-44(50-24-31)55-19-17-54(18-20-55)38(58)26-53-15-11-28(12-16-53)27-3-5-29(6-4-27)32-7-10-37(57)51-43(32)60/h3-6,8-9,21-25,28,32,52H,1-2,7,10-20,26H2,(H,47,48)(H,51,57,60). The topological polar surface area (TPSA) is 194 Å². The summed E-state index contributed by atoms with van der Waals surface area (Å²) < 4.78 is 59.8. The predicted molar refractivity (Wildman–Crippen MR) is 229 cm³/mol. The molecule has 3 aromatic heterocycles. The van der Waals surface area contributed by atoms with Crippen molar-refractivity contribution in [3.05, 3.63) is 101 Å². The molecule has 4 aliphatic heterocycles. The summed E-state index contributed by atoms with van der Waals surface area (Å²) in [6.45, 7) is 4.70. The normalized spacial score (nSPS) is 19.4. The molecule has 5 aromatic rings. The van der Waals surface area contributed by atoms with Crippen molar-refractivity contribution in [1.29, 1.82) is 0 Å². The summed E-state index contributed by atoms with van der Waals surface area (Å²) in [6.07, 6.45) is 10.2. The lowest BCUT2D eigenvalue weighted by Crippen LogP contribution is -2.52. The van der Waals surface area contributed by atoms with E-state index in [1.165, 1.54) is 16.1 Å². The smallest absolute Gasteiger partial charge is 0.301 e. The number of nitrogens with zero attached hydrogens (tertiary/aromatic N) is 7. The van der Waals surface area contributed by atoms with Gasteiger partial charge < -0.3 is 14.8 Å². The second-order valence-corrected chi connectivity index (χ2v) is 18.2. The van der Waals surface area contributed by atoms with Crippen LogP contribution in [0.15, 0.2) is 67.3 Å². The van der Waals surface area contributed by atoms with E-state index in [-0.39, 0.29) is 42.3 Å². The van der Waals surface area contributed by atoms with Crippen LogP contribution in [0.2, 0.25) is 0 Å². The van der Waals surface area contributed by atoms with Crippen LogP contribution in [0, 0.1) is 11.6 Å². The van der Waals surface area contributed by atoms with Crippen LogP contribution >= 0.6 is 0 Å². The molecule has 19 heteroatoms. The summed E-state index contributed by atoms with van der Waals surface area (Å²) in [7, 11) is -4.10. The first-order valence-corrected chi connectivity index (χ1v) is 22.6. The zero-order valence-corrected chi connectivity index (χ0v) is 35.2. The van der Waals surface area contributed by atoms with Crippen LogP contribution in [-0.2, 0) is 24.6 Å². The highest BCUT2D eigenvalue weighted by molar-refractivity contribution is 7.90. The molecule has 0 radical (unpaired) electrons. The number of amides is 3. The zero-order chi connectivity index (χ0) is 43.8. The fraction of sp³-hybridized carbons (Fsp3) is 0.386. The van der Waals surface area contributed by atoms with Gasteiger partial charge in [-0.2, -0.15) is 12.7 Å². The number of nitrogens with one attached hydrogen (secondary N) is 3. The molecule has 1 unspecified atom stereocenters. The highest BCUT2D eigenvalue weighted by Crippen LogP contribution is 2.33. The minimum Gasteiger partial charge on any atom is -0.345 e. The molecule has 4 saturated heterocycles. The Bertz CT molecular complexity index is 2680. The van der Waals surface area contributed by atoms with Gasteiger partial charge in [-0.3, -0.25) is 34.1 Å². The summed E-state index contributed by atoms with van der Waals surface area (Å²) >= 11 is 0. The molecule has 328 valence electrons. The van der Waals surface area contributed by atoms with Gasteiger partial charge in [0, 0.05) is 92.6 Å². The summed E-state index contributed by atoms with van der Waals surface area (Å²) in [5.74, 6) is -3.24. The van der Waals surface area contributed by atoms with E-state index in [1.54, 1.807) is 24.7 Å². The summed E-state index contributed by atoms with van der Waals surface area (Å²) in [6, 6.07) is 11.6. The molecule has 3 N–H and O–H groups in total. The molecule has 4 aliphatic rings. The average Bonchev–Trinajstić information content (AvgIpc) is 4.00. The number of carbonyl (C=O) groups excluding carboxylic acids is 4. The number of ketones is 1. The van der Waals surface area contributed by atoms with Gasteiger partial charge in [0.1, 0.15) is 11.5 Å². The van der Waals surface area contributed by atoms with E-state index >= 15 is 8.78 Å². The maximum Gasteiger partial charge on any atom is 0.301 e. The number of H-pyrrole nitrogens is 1. The van der Waals surface area contributed by atoms with Crippen LogP contribution in [0.3, 0.4) is 0 Å². The molecule has 16 nitrogen and oxygen atoms in total. The van der Waals surface area contributed by atoms with Crippen molar-refractivity contribution in [2.24, 2.45) is 0 Å². The van der Waals surface area contributed by atoms with Gasteiger partial charge in [0.2, 0.25) is 29.5 Å². The van der Waals surface area contributed by atoms with E-state index in [4.69, 9.17) is 0 Å². The Kier molecular flexibility index (Phi) is 11.7. The van der Waals surface area contributed by atoms with Crippen LogP contribution < -0.4 is 14.9 Å². The van der Waals surface area contributed by atoms with Gasteiger partial charge in [-0.05, 0) is 80.4 Å². The largest absolute Gasteiger partial charge is 0.345 e. The Hall–Kier alpha value is -6.18. The minimum atomic E-state index is -4.10. The third-order valence-corrected chi connectivity index (χ3v) is 14.1. The van der Waals surface area contributed by atoms with Crippen LogP contribution in [-0.4, -0.2) is 125 Å². The van der Waals surface area contributed by atoms with Gasteiger partial charge >= 0.3 is 10.2 Å². The van der Waals surface area contributed by atoms with E-state index in [0.717, 1.165) is 43.6 Å². The number of rotatable bonds is 11. The Labute approximate surface area is 362 Å². The third kappa shape index (κ3) is 8.76. The molecule has 4 fully saturated rings. The molecule has 3 amide bonds. The lowest BCUT2D eigenvalue weighted by atomic mass is 9.86. The quantitative estimate of drug-likeness (QED) is 0.126. The maximum atomic E-state index is 15.7. The Morgan fingerprint density at radius 1 is 0.810 bits per heavy atom. The Morgan fingerprint density at radius 2 is 1.49 bits per heavy atom. The fourth-order valence-corrected chi connectivity index (χ4v) is 10.3. The highest BCUT2D eigenvalue weighted by Gasteiger charge is 2.32. The molecule has 1 atom stereocenters. The first-order chi connectivity index (χ1) is 30.4. The van der Waals surface area contributed by atoms with Crippen molar-refractivity contribution in [2.45, 2.75) is 50.4 Å². The predicted octanol–water partition coefficient (Wildman–Crippen LogP) is 4.33. The summed E-state index contributed by atoms with van der Waals surface area (Å²) in [5, 5.41) is 2.73. The number of carbonyl (C=O) groups is 4. The number of piperazine rings is 1. The number of halogens is 2. The number of likely N-dealkylation sites (tertiary alicyclic amines) is 1. The average molecular weight is 881 g/mol. The van der Waals surface area contributed by atoms with Crippen molar-refractivity contribution in [2.75, 3.05) is 68.5 Å². The van der Waals surface area contributed by atoms with E-state index in [1.807, 2.05) is 21.9 Å². The number of piperidine rings is 2. The van der Waals surface area contributed by atoms with Gasteiger partial charge in [0.15, 0.2) is 5.82 Å². The Morgan fingerprint density at radius 3 is 2.19 bits per heavy atom. The highest BCUT2D eigenvalue weighted by atomic mass is 32.2. The van der Waals surface area contributed by atoms with E-state index < -0.39 is 38.9 Å². The van der Waals surface area contributed by atoms with Gasteiger partial charge in [-0.25, -0.2) is 23.7 Å². The third-order valence-electron chi connectivity index (χ3n) is 12.6. The van der Waals surface area contributed by atoms with Crippen molar-refractivity contribution < 1.29 is 36.4 Å². The number of pyridine rings is 1. The van der Waals surface area contributed by atoms with Crippen molar-refractivity contribution in [3.63, 3.8) is 0 Å². The van der Waals surface area contributed by atoms with Gasteiger partial charge in [0.25, 0.3) is 0 Å². The molecule has 0 bridgehead atoms. The maximum absolute atomic E-state index is 15.7. The van der Waals surface area contributed by atoms with Crippen LogP contribution in [0.25, 0.3) is 22.2 Å². The molecule has 63 heavy (non-hydrogen) atoms. The Balaban J connectivity index is 0.782. The summed E-state index contributed by atoms with van der Waals surface area (Å²) in [4.78, 5) is 73.4. The SMILES string of the molecule is O=C1CCC(c2ccc(C3CCN(CC(=O)N4CCN(c5ncc(-c6cnc7[nH]cc(C(=O)c8c(F)ccc(NS(=O)(=O)N9CCCC9)c8F)c7c6)cn5)CC4)CC3)cc2)C(=O)N1. The van der Waals surface area contributed by atoms with Crippen LogP contribution in [0.4, 0.5) is 20.4 Å². The number of aromatic amines is 1. The second kappa shape index (κ2) is 17.5. The fourth-order valence-electron chi connectivity index (χ4n) is 8.97. The molecule has 7 heterocycles. The molecule has 0 aliphatic carbocycles. The molecular weight excluding hydrogens is 835 g/mol. The number of aromatic nitrogens is 4. The van der Waals surface area contributed by atoms with E-state index in [9.17, 15) is 27.6 Å². The number of imide groups is 1. The number of hydrogen-bond acceptors (Lipinski definition) is 11. The van der Waals surface area contributed by atoms with Gasteiger partial charge in [-0.15, -0.1) is 0 Å². The zero-order valence-electron chi connectivity index (χ0n) is 34.4.